The summed E-state index contributed by atoms with van der Waals surface area (Å²) in [4.78, 5) is 25.1. The zero-order valence-corrected chi connectivity index (χ0v) is 22.8. The number of hydrogen-bond acceptors (Lipinski definition) is 12. The highest BCUT2D eigenvalue weighted by molar-refractivity contribution is 5.90. The number of ether oxygens (including phenoxy) is 8. The van der Waals surface area contributed by atoms with E-state index in [0.29, 0.717) is 11.1 Å². The fourth-order valence-corrected chi connectivity index (χ4v) is 4.19. The van der Waals surface area contributed by atoms with Crippen LogP contribution in [0.3, 0.4) is 0 Å². The Balaban J connectivity index is 0.000000307. The van der Waals surface area contributed by atoms with Crippen LogP contribution in [0.5, 0.6) is 0 Å². The maximum atomic E-state index is 12.5. The molecule has 12 heteroatoms. The zero-order valence-electron chi connectivity index (χ0n) is 22.8. The monoisotopic (exact) mass is 564 g/mol. The number of carbonyl (C=O) groups is 2. The molecule has 0 aliphatic carbocycles. The predicted octanol–water partition coefficient (Wildman–Crippen LogP) is 1.18. The molecule has 2 fully saturated rings. The molecule has 2 aromatic carbocycles. The Morgan fingerprint density at radius 3 is 1.55 bits per heavy atom. The first-order chi connectivity index (χ1) is 19.3. The van der Waals surface area contributed by atoms with Gasteiger partial charge in [0.1, 0.15) is 24.4 Å². The molecule has 12 nitrogen and oxygen atoms in total. The van der Waals surface area contributed by atoms with E-state index in [4.69, 9.17) is 37.9 Å². The van der Waals surface area contributed by atoms with Crippen molar-refractivity contribution in [1.29, 1.82) is 0 Å². The molecular formula is C28H36O12. The van der Waals surface area contributed by atoms with Gasteiger partial charge in [0.15, 0.2) is 24.8 Å². The third kappa shape index (κ3) is 8.05. The molecule has 0 amide bonds. The fraction of sp³-hybridized carbons (Fsp3) is 0.500. The molecule has 8 atom stereocenters. The van der Waals surface area contributed by atoms with E-state index in [-0.39, 0.29) is 13.2 Å². The molecule has 0 saturated carbocycles. The standard InChI is InChI=1S/C21H22O7.C7H14O5/c1-24-13-16-17(27-19(22)14-9-5-3-6-10-14)18(21(25-2)26-16)28-20(23)15-11-7-4-8-12-15;1-10-3-4-5(8)6(9)7(11-2)12-4/h3-12,16-18,21H,13H2,1-2H3;4-9H,3H2,1-2H3/t16-,17-,18-,21?;4-,5-,6-,7?/m11/s1. The van der Waals surface area contributed by atoms with Crippen LogP contribution in [-0.2, 0) is 37.9 Å². The summed E-state index contributed by atoms with van der Waals surface area (Å²) in [6.45, 7) is 0.393. The van der Waals surface area contributed by atoms with E-state index in [1.54, 1.807) is 60.7 Å². The second-order valence-corrected chi connectivity index (χ2v) is 8.92. The molecule has 2 aliphatic heterocycles. The molecule has 2 unspecified atom stereocenters. The Labute approximate surface area is 232 Å². The lowest BCUT2D eigenvalue weighted by molar-refractivity contribution is -0.156. The smallest absolute Gasteiger partial charge is 0.338 e. The number of aliphatic hydroxyl groups excluding tert-OH is 2. The first kappa shape index (κ1) is 31.6. The second kappa shape index (κ2) is 15.7. The number of benzene rings is 2. The van der Waals surface area contributed by atoms with Crippen molar-refractivity contribution in [2.75, 3.05) is 41.7 Å². The fourth-order valence-electron chi connectivity index (χ4n) is 4.19. The Kier molecular flexibility index (Phi) is 12.4. The SMILES string of the molecule is COC[C@H]1OC(OC)[C@H](O)[C@@H]1O.COC[C@H]1OC(OC)[C@H](OC(=O)c2ccccc2)[C@@H]1OC(=O)c1ccccc1. The van der Waals surface area contributed by atoms with Crippen molar-refractivity contribution in [2.45, 2.75) is 49.2 Å². The number of carbonyl (C=O) groups excluding carboxylic acids is 2. The van der Waals surface area contributed by atoms with Crippen LogP contribution in [0.4, 0.5) is 0 Å². The highest BCUT2D eigenvalue weighted by Crippen LogP contribution is 2.29. The van der Waals surface area contributed by atoms with Gasteiger partial charge in [-0.2, -0.15) is 0 Å². The first-order valence-corrected chi connectivity index (χ1v) is 12.6. The van der Waals surface area contributed by atoms with Crippen molar-refractivity contribution in [3.05, 3.63) is 71.8 Å². The summed E-state index contributed by atoms with van der Waals surface area (Å²) in [5, 5.41) is 18.7. The molecular weight excluding hydrogens is 528 g/mol. The van der Waals surface area contributed by atoms with Gasteiger partial charge in [-0.05, 0) is 24.3 Å². The Morgan fingerprint density at radius 2 is 1.10 bits per heavy atom. The van der Waals surface area contributed by atoms with Crippen molar-refractivity contribution in [1.82, 2.24) is 0 Å². The van der Waals surface area contributed by atoms with Crippen LogP contribution in [-0.4, -0.2) is 113 Å². The minimum Gasteiger partial charge on any atom is -0.452 e. The summed E-state index contributed by atoms with van der Waals surface area (Å²) in [5.41, 5.74) is 0.758. The van der Waals surface area contributed by atoms with E-state index in [1.807, 2.05) is 0 Å². The van der Waals surface area contributed by atoms with Crippen LogP contribution in [0, 0.1) is 0 Å². The van der Waals surface area contributed by atoms with Gasteiger partial charge in [-0.3, -0.25) is 0 Å². The number of esters is 2. The Hall–Kier alpha value is -2.94. The van der Waals surface area contributed by atoms with E-state index in [9.17, 15) is 19.8 Å². The van der Waals surface area contributed by atoms with Crippen LogP contribution in [0.15, 0.2) is 60.7 Å². The lowest BCUT2D eigenvalue weighted by Crippen LogP contribution is -2.42. The molecule has 0 bridgehead atoms. The average molecular weight is 565 g/mol. The lowest BCUT2D eigenvalue weighted by atomic mass is 10.1. The van der Waals surface area contributed by atoms with Crippen LogP contribution in [0.2, 0.25) is 0 Å². The molecule has 0 radical (unpaired) electrons. The molecule has 220 valence electrons. The van der Waals surface area contributed by atoms with E-state index in [0.717, 1.165) is 0 Å². The second-order valence-electron chi connectivity index (χ2n) is 8.92. The molecule has 2 heterocycles. The van der Waals surface area contributed by atoms with E-state index in [2.05, 4.69) is 0 Å². The van der Waals surface area contributed by atoms with Crippen LogP contribution in [0.1, 0.15) is 20.7 Å². The van der Waals surface area contributed by atoms with Gasteiger partial charge < -0.3 is 48.1 Å². The van der Waals surface area contributed by atoms with Crippen molar-refractivity contribution in [3.63, 3.8) is 0 Å². The molecule has 40 heavy (non-hydrogen) atoms. The minimum absolute atomic E-state index is 0.145. The quantitative estimate of drug-likeness (QED) is 0.399. The third-order valence-electron chi connectivity index (χ3n) is 6.22. The van der Waals surface area contributed by atoms with Crippen LogP contribution >= 0.6 is 0 Å². The number of methoxy groups -OCH3 is 4. The lowest BCUT2D eigenvalue weighted by Gasteiger charge is -2.23. The average Bonchev–Trinajstić information content (AvgIpc) is 3.45. The summed E-state index contributed by atoms with van der Waals surface area (Å²) >= 11 is 0. The number of hydrogen-bond donors (Lipinski definition) is 2. The van der Waals surface area contributed by atoms with Crippen LogP contribution < -0.4 is 0 Å². The van der Waals surface area contributed by atoms with E-state index in [1.165, 1.54) is 28.4 Å². The van der Waals surface area contributed by atoms with Crippen molar-refractivity contribution in [3.8, 4) is 0 Å². The molecule has 0 aromatic heterocycles. The van der Waals surface area contributed by atoms with Gasteiger partial charge in [-0.25, -0.2) is 9.59 Å². The van der Waals surface area contributed by atoms with Gasteiger partial charge in [0.05, 0.1) is 24.3 Å². The van der Waals surface area contributed by atoms with Crippen molar-refractivity contribution in [2.24, 2.45) is 0 Å². The molecule has 4 rings (SSSR count). The summed E-state index contributed by atoms with van der Waals surface area (Å²) in [6.07, 6.45) is -6.53. The van der Waals surface area contributed by atoms with Crippen LogP contribution in [0.25, 0.3) is 0 Å². The molecule has 2 N–H and O–H groups in total. The first-order valence-electron chi connectivity index (χ1n) is 12.6. The summed E-state index contributed by atoms with van der Waals surface area (Å²) < 4.78 is 42.2. The maximum absolute atomic E-state index is 12.5. The zero-order chi connectivity index (χ0) is 29.1. The Bertz CT molecular complexity index is 1040. The minimum atomic E-state index is -0.991. The normalized spacial score (nSPS) is 29.4. The predicted molar refractivity (Wildman–Crippen MR) is 138 cm³/mol. The summed E-state index contributed by atoms with van der Waals surface area (Å²) in [6, 6.07) is 17.1. The Morgan fingerprint density at radius 1 is 0.650 bits per heavy atom. The summed E-state index contributed by atoms with van der Waals surface area (Å²) in [7, 11) is 5.85. The highest BCUT2D eigenvalue weighted by Gasteiger charge is 2.50. The number of aliphatic hydroxyl groups is 2. The van der Waals surface area contributed by atoms with E-state index >= 15 is 0 Å². The van der Waals surface area contributed by atoms with E-state index < -0.39 is 61.1 Å². The summed E-state index contributed by atoms with van der Waals surface area (Å²) in [5.74, 6) is -1.11. The molecule has 2 aliphatic rings. The van der Waals surface area contributed by atoms with Gasteiger partial charge >= 0.3 is 11.9 Å². The van der Waals surface area contributed by atoms with Gasteiger partial charge in [0.2, 0.25) is 0 Å². The molecule has 0 spiro atoms. The van der Waals surface area contributed by atoms with Gasteiger partial charge in [-0.15, -0.1) is 0 Å². The largest absolute Gasteiger partial charge is 0.452 e. The third-order valence-corrected chi connectivity index (χ3v) is 6.22. The van der Waals surface area contributed by atoms with Crippen molar-refractivity contribution >= 4 is 11.9 Å². The van der Waals surface area contributed by atoms with Gasteiger partial charge in [-0.1, -0.05) is 36.4 Å². The molecule has 2 aromatic rings. The highest BCUT2D eigenvalue weighted by atomic mass is 16.7. The molecule has 2 saturated heterocycles. The number of rotatable bonds is 10. The van der Waals surface area contributed by atoms with Gasteiger partial charge in [0.25, 0.3) is 0 Å². The topological polar surface area (TPSA) is 148 Å². The maximum Gasteiger partial charge on any atom is 0.338 e. The van der Waals surface area contributed by atoms with Crippen molar-refractivity contribution < 1.29 is 57.7 Å². The van der Waals surface area contributed by atoms with Gasteiger partial charge in [0, 0.05) is 28.4 Å².